The first-order chi connectivity index (χ1) is 8.43. The summed E-state index contributed by atoms with van der Waals surface area (Å²) in [5, 5.41) is 10.1. The van der Waals surface area contributed by atoms with Crippen LogP contribution in [0.25, 0.3) is 0 Å². The topological polar surface area (TPSA) is 63.3 Å². The molecule has 0 amide bonds. The average molecular weight is 251 g/mol. The van der Waals surface area contributed by atoms with Crippen molar-refractivity contribution < 1.29 is 14.3 Å². The molecule has 4 heteroatoms. The number of carbonyl (C=O) groups excluding carboxylic acids is 1. The lowest BCUT2D eigenvalue weighted by molar-refractivity contribution is -0.112. The second-order valence-electron chi connectivity index (χ2n) is 5.27. The number of hydrogen-bond acceptors (Lipinski definition) is 3. The van der Waals surface area contributed by atoms with Gasteiger partial charge in [0.1, 0.15) is 11.6 Å². The number of carbonyl (C=O) groups is 1. The molecule has 0 heterocycles. The number of nitrogens with two attached hydrogens (primary N) is 1. The van der Waals surface area contributed by atoms with Crippen LogP contribution in [0.15, 0.2) is 24.3 Å². The van der Waals surface area contributed by atoms with E-state index in [0.29, 0.717) is 0 Å². The SMILES string of the molecule is CC(C)[C@H](N)C(O)C1C(=O)C1c1ccc(F)cc1. The summed E-state index contributed by atoms with van der Waals surface area (Å²) >= 11 is 0. The van der Waals surface area contributed by atoms with Crippen LogP contribution in [0.4, 0.5) is 4.39 Å². The predicted molar refractivity (Wildman–Crippen MR) is 66.5 cm³/mol. The Kier molecular flexibility index (Phi) is 3.50. The first-order valence-corrected chi connectivity index (χ1v) is 6.16. The van der Waals surface area contributed by atoms with E-state index in [4.69, 9.17) is 5.73 Å². The summed E-state index contributed by atoms with van der Waals surface area (Å²) in [6, 6.07) is 5.42. The molecule has 1 aromatic carbocycles. The van der Waals surface area contributed by atoms with E-state index in [2.05, 4.69) is 0 Å². The minimum absolute atomic E-state index is 0.00907. The van der Waals surface area contributed by atoms with Crippen LogP contribution in [-0.4, -0.2) is 23.0 Å². The lowest BCUT2D eigenvalue weighted by atomic mass is 9.94. The second-order valence-corrected chi connectivity index (χ2v) is 5.27. The van der Waals surface area contributed by atoms with Gasteiger partial charge in [-0.1, -0.05) is 26.0 Å². The van der Waals surface area contributed by atoms with E-state index in [1.807, 2.05) is 13.8 Å². The summed E-state index contributed by atoms with van der Waals surface area (Å²) < 4.78 is 12.8. The van der Waals surface area contributed by atoms with Crippen molar-refractivity contribution >= 4 is 5.78 Å². The molecule has 1 aliphatic carbocycles. The van der Waals surface area contributed by atoms with E-state index in [1.165, 1.54) is 12.1 Å². The van der Waals surface area contributed by atoms with Gasteiger partial charge >= 0.3 is 0 Å². The van der Waals surface area contributed by atoms with Crippen molar-refractivity contribution in [3.8, 4) is 0 Å². The van der Waals surface area contributed by atoms with Crippen molar-refractivity contribution in [3.63, 3.8) is 0 Å². The summed E-state index contributed by atoms with van der Waals surface area (Å²) in [5.41, 5.74) is 6.62. The predicted octanol–water partition coefficient (Wildman–Crippen LogP) is 1.45. The summed E-state index contributed by atoms with van der Waals surface area (Å²) in [7, 11) is 0. The lowest BCUT2D eigenvalue weighted by Crippen LogP contribution is -2.41. The van der Waals surface area contributed by atoms with Crippen LogP contribution in [0.5, 0.6) is 0 Å². The van der Waals surface area contributed by atoms with Gasteiger partial charge in [-0.05, 0) is 23.6 Å². The van der Waals surface area contributed by atoms with Gasteiger partial charge < -0.3 is 10.8 Å². The molecule has 3 nitrogen and oxygen atoms in total. The molecule has 1 saturated carbocycles. The van der Waals surface area contributed by atoms with Crippen LogP contribution >= 0.6 is 0 Å². The van der Waals surface area contributed by atoms with E-state index in [-0.39, 0.29) is 23.4 Å². The molecule has 1 fully saturated rings. The van der Waals surface area contributed by atoms with E-state index in [9.17, 15) is 14.3 Å². The fraction of sp³-hybridized carbons (Fsp3) is 0.500. The Hall–Kier alpha value is -1.26. The van der Waals surface area contributed by atoms with Crippen LogP contribution in [0.3, 0.4) is 0 Å². The van der Waals surface area contributed by atoms with Gasteiger partial charge in [-0.3, -0.25) is 4.79 Å². The van der Waals surface area contributed by atoms with Crippen molar-refractivity contribution in [1.82, 2.24) is 0 Å². The first-order valence-electron chi connectivity index (χ1n) is 6.16. The Morgan fingerprint density at radius 3 is 2.33 bits per heavy atom. The van der Waals surface area contributed by atoms with Gasteiger partial charge in [0.2, 0.25) is 0 Å². The Morgan fingerprint density at radius 2 is 1.83 bits per heavy atom. The molecule has 4 atom stereocenters. The molecule has 0 saturated heterocycles. The molecule has 0 spiro atoms. The highest BCUT2D eigenvalue weighted by molar-refractivity contribution is 6.05. The van der Waals surface area contributed by atoms with E-state index in [0.717, 1.165) is 5.56 Å². The smallest absolute Gasteiger partial charge is 0.147 e. The van der Waals surface area contributed by atoms with E-state index in [1.54, 1.807) is 12.1 Å². The Balaban J connectivity index is 2.10. The normalized spacial score (nSPS) is 26.2. The fourth-order valence-electron chi connectivity index (χ4n) is 2.30. The molecule has 98 valence electrons. The standard InChI is InChI=1S/C14H18FNO2/c1-7(2)12(16)14(18)11-10(13(11)17)8-3-5-9(15)6-4-8/h3-7,10-12,14,18H,16H2,1-2H3/t10?,11?,12-,14?/m0/s1. The first kappa shape index (κ1) is 13.2. The summed E-state index contributed by atoms with van der Waals surface area (Å²) in [6.45, 7) is 3.82. The number of Topliss-reactive ketones (excluding diaryl/α,β-unsaturated/α-hetero) is 1. The largest absolute Gasteiger partial charge is 0.391 e. The lowest BCUT2D eigenvalue weighted by Gasteiger charge is -2.21. The summed E-state index contributed by atoms with van der Waals surface area (Å²) in [6.07, 6.45) is -0.826. The molecular formula is C14H18FNO2. The van der Waals surface area contributed by atoms with E-state index < -0.39 is 18.1 Å². The minimum atomic E-state index is -0.826. The van der Waals surface area contributed by atoms with Gasteiger partial charge in [-0.15, -0.1) is 0 Å². The monoisotopic (exact) mass is 251 g/mol. The Morgan fingerprint density at radius 1 is 1.28 bits per heavy atom. The van der Waals surface area contributed by atoms with Crippen LogP contribution in [0.2, 0.25) is 0 Å². The van der Waals surface area contributed by atoms with Crippen LogP contribution in [0, 0.1) is 17.7 Å². The highest BCUT2D eigenvalue weighted by Gasteiger charge is 2.55. The summed E-state index contributed by atoms with van der Waals surface area (Å²) in [4.78, 5) is 11.8. The molecule has 0 aromatic heterocycles. The molecule has 18 heavy (non-hydrogen) atoms. The second kappa shape index (κ2) is 4.78. The zero-order valence-electron chi connectivity index (χ0n) is 10.5. The van der Waals surface area contributed by atoms with Gasteiger partial charge in [0.15, 0.2) is 0 Å². The zero-order chi connectivity index (χ0) is 13.4. The van der Waals surface area contributed by atoms with Gasteiger partial charge in [-0.25, -0.2) is 4.39 Å². The van der Waals surface area contributed by atoms with Gasteiger partial charge in [0.05, 0.1) is 17.9 Å². The maximum absolute atomic E-state index is 12.8. The van der Waals surface area contributed by atoms with Crippen molar-refractivity contribution in [2.24, 2.45) is 17.6 Å². The number of benzene rings is 1. The number of hydrogen-bond donors (Lipinski definition) is 2. The number of ketones is 1. The molecule has 3 N–H and O–H groups in total. The molecule has 0 radical (unpaired) electrons. The van der Waals surface area contributed by atoms with Crippen molar-refractivity contribution in [1.29, 1.82) is 0 Å². The maximum Gasteiger partial charge on any atom is 0.147 e. The van der Waals surface area contributed by atoms with Crippen LogP contribution in [0.1, 0.15) is 25.3 Å². The third-order valence-corrected chi connectivity index (χ3v) is 3.65. The molecule has 1 aliphatic rings. The Labute approximate surface area is 106 Å². The van der Waals surface area contributed by atoms with Crippen LogP contribution < -0.4 is 5.73 Å². The van der Waals surface area contributed by atoms with Crippen molar-refractivity contribution in [2.45, 2.75) is 31.9 Å². The Bertz CT molecular complexity index is 444. The molecule has 0 bridgehead atoms. The number of aliphatic hydroxyl groups excluding tert-OH is 1. The van der Waals surface area contributed by atoms with E-state index >= 15 is 0 Å². The van der Waals surface area contributed by atoms with Gasteiger partial charge in [0, 0.05) is 6.04 Å². The van der Waals surface area contributed by atoms with Gasteiger partial charge in [0.25, 0.3) is 0 Å². The highest BCUT2D eigenvalue weighted by Crippen LogP contribution is 2.46. The van der Waals surface area contributed by atoms with Crippen molar-refractivity contribution in [2.75, 3.05) is 0 Å². The molecule has 0 aliphatic heterocycles. The fourth-order valence-corrected chi connectivity index (χ4v) is 2.30. The van der Waals surface area contributed by atoms with Gasteiger partial charge in [-0.2, -0.15) is 0 Å². The maximum atomic E-state index is 12.8. The van der Waals surface area contributed by atoms with Crippen LogP contribution in [-0.2, 0) is 4.79 Å². The molecule has 2 rings (SSSR count). The zero-order valence-corrected chi connectivity index (χ0v) is 10.5. The number of aliphatic hydroxyl groups is 1. The average Bonchev–Trinajstić information content (AvgIpc) is 2.99. The number of rotatable bonds is 4. The molecule has 1 aromatic rings. The third kappa shape index (κ3) is 2.31. The number of halogens is 1. The summed E-state index contributed by atoms with van der Waals surface area (Å²) in [5.74, 6) is -0.992. The third-order valence-electron chi connectivity index (χ3n) is 3.65. The molecular weight excluding hydrogens is 233 g/mol. The minimum Gasteiger partial charge on any atom is -0.391 e. The quantitative estimate of drug-likeness (QED) is 0.851. The molecule has 3 unspecified atom stereocenters. The highest BCUT2D eigenvalue weighted by atomic mass is 19.1. The van der Waals surface area contributed by atoms with Crippen molar-refractivity contribution in [3.05, 3.63) is 35.6 Å².